The Balaban J connectivity index is 0.000000317. The maximum absolute atomic E-state index is 13.8. The van der Waals surface area contributed by atoms with Crippen LogP contribution in [0.5, 0.6) is 0 Å². The number of Topliss-reactive ketones (excluding diaryl/α,β-unsaturated/α-hetero) is 2. The van der Waals surface area contributed by atoms with Gasteiger partial charge in [0.05, 0.1) is 41.6 Å². The Hall–Kier alpha value is -6.74. The van der Waals surface area contributed by atoms with Gasteiger partial charge >= 0.3 is 17.9 Å². The van der Waals surface area contributed by atoms with E-state index >= 15 is 0 Å². The van der Waals surface area contributed by atoms with E-state index in [2.05, 4.69) is 5.87 Å². The summed E-state index contributed by atoms with van der Waals surface area (Å²) in [5, 5.41) is -1.80. The Morgan fingerprint density at radius 2 is 0.879 bits per heavy atom. The van der Waals surface area contributed by atoms with Crippen molar-refractivity contribution in [1.29, 1.82) is 0 Å². The van der Waals surface area contributed by atoms with Crippen molar-refractivity contribution in [3.8, 4) is 22.3 Å². The molecule has 2 aliphatic rings. The molecule has 0 aliphatic carbocycles. The standard InChI is InChI=1S/C37H44FNO7S2.C31H35FN2O5S2.2CH4O3S/c1-25(2)32(24-34(41)46-37(3,4)5)36(42)45-21-19-29(28-11-15-30(38)16-12-28)23-33(40)35-39(20-22-47-35)48(43,44)31-17-13-27(14-18-31)26-9-7-6-8-10-26;1-21(2)29(33)31(36)39-18-16-25(24-8-12-26(32)13-9-24)20-28(35)30-34(17-19-40-30)41(37,38)27-14-10-23(11-15-27)22-6-4-3-5-7-22;2*1-5(2,3)4/h6-18,25,29,32,35H,19-24H2,1-5H3;3-15,21,25,29-30H,16-20,33H2,1-2H3;1H3,(H,2,3,4);1H2,(H2,2,3,4)/t29?,32-,35-;25?,29-,30-;;/m00../s1. The number of halogens is 2. The van der Waals surface area contributed by atoms with E-state index < -0.39 is 110 Å². The fraction of sp³-hybridized carbons (Fsp3) is 0.400. The third-order valence-corrected chi connectivity index (χ3v) is 21.8. The van der Waals surface area contributed by atoms with E-state index in [0.29, 0.717) is 35.3 Å². The number of benzene rings is 6. The Morgan fingerprint density at radius 3 is 1.20 bits per heavy atom. The second kappa shape index (κ2) is 37.8. The van der Waals surface area contributed by atoms with Gasteiger partial charge in [-0.2, -0.15) is 17.0 Å². The van der Waals surface area contributed by atoms with Gasteiger partial charge in [0.15, 0.2) is 21.6 Å². The lowest BCUT2D eigenvalue weighted by Gasteiger charge is -2.25. The van der Waals surface area contributed by atoms with Crippen LogP contribution in [0.4, 0.5) is 8.78 Å². The summed E-state index contributed by atoms with van der Waals surface area (Å²) in [6, 6.07) is 43.4. The van der Waals surface area contributed by atoms with E-state index in [9.17, 15) is 62.2 Å². The van der Waals surface area contributed by atoms with Crippen molar-refractivity contribution in [2.75, 3.05) is 44.1 Å². The molecule has 0 saturated carbocycles. The van der Waals surface area contributed by atoms with Crippen LogP contribution in [0.25, 0.3) is 22.3 Å². The summed E-state index contributed by atoms with van der Waals surface area (Å²) >= 11 is 2.56. The van der Waals surface area contributed by atoms with E-state index in [0.717, 1.165) is 22.3 Å². The molecule has 6 atom stereocenters. The van der Waals surface area contributed by atoms with Crippen LogP contribution in [-0.4, -0.2) is 154 Å². The minimum absolute atomic E-state index is 0.00997. The van der Waals surface area contributed by atoms with Gasteiger partial charge in [-0.05, 0) is 139 Å². The van der Waals surface area contributed by atoms with Crippen LogP contribution in [0.3, 0.4) is 0 Å². The van der Waals surface area contributed by atoms with E-state index in [-0.39, 0.29) is 85.2 Å². The van der Waals surface area contributed by atoms with Gasteiger partial charge in [-0.15, -0.1) is 23.5 Å². The minimum atomic E-state index is -3.97. The molecule has 0 bridgehead atoms. The number of esters is 3. The molecule has 6 aromatic rings. The first kappa shape index (κ1) is 82.9. The van der Waals surface area contributed by atoms with Crippen LogP contribution in [-0.2, 0) is 78.4 Å². The summed E-state index contributed by atoms with van der Waals surface area (Å²) in [5.41, 5.74) is 10.3. The zero-order chi connectivity index (χ0) is 73.6. The molecule has 2 saturated heterocycles. The summed E-state index contributed by atoms with van der Waals surface area (Å²) in [5.74, 6) is -1.41. The quantitative estimate of drug-likeness (QED) is 0.0170. The van der Waals surface area contributed by atoms with Gasteiger partial charge in [0, 0.05) is 43.3 Å². The van der Waals surface area contributed by atoms with E-state index in [1.165, 1.54) is 56.4 Å². The predicted molar refractivity (Wildman–Crippen MR) is 382 cm³/mol. The average molecular weight is 1490 g/mol. The smallest absolute Gasteiger partial charge is 0.323 e. The third-order valence-electron chi connectivity index (χ3n) is 15.3. The first-order chi connectivity index (χ1) is 46.2. The lowest BCUT2D eigenvalue weighted by atomic mass is 9.90. The molecular formula is C70H87F2N3O18S6. The number of hydrogen-bond acceptors (Lipinski definition) is 18. The number of hydrogen-bond donors (Lipinski definition) is 4. The summed E-state index contributed by atoms with van der Waals surface area (Å²) in [4.78, 5) is 65.3. The number of nitrogens with two attached hydrogens (primary N) is 1. The molecule has 0 spiro atoms. The van der Waals surface area contributed by atoms with Crippen molar-refractivity contribution in [3.63, 3.8) is 0 Å². The lowest BCUT2D eigenvalue weighted by molar-refractivity contribution is -0.163. The molecular weight excluding hydrogens is 1400 g/mol. The highest BCUT2D eigenvalue weighted by molar-refractivity contribution is 8.02. The molecule has 6 aromatic carbocycles. The molecule has 2 aliphatic heterocycles. The van der Waals surface area contributed by atoms with E-state index in [1.54, 1.807) is 93.6 Å². The highest BCUT2D eigenvalue weighted by atomic mass is 32.2. The third kappa shape index (κ3) is 27.6. The normalized spacial score (nSPS) is 16.5. The number of carbonyl (C=O) groups is 5. The zero-order valence-electron chi connectivity index (χ0n) is 56.3. The summed E-state index contributed by atoms with van der Waals surface area (Å²) in [7, 11) is -15.2. The van der Waals surface area contributed by atoms with Gasteiger partial charge < -0.3 is 19.9 Å². The number of thioether (sulfide) groups is 2. The van der Waals surface area contributed by atoms with Crippen LogP contribution < -0.4 is 5.73 Å². The van der Waals surface area contributed by atoms with E-state index in [1.807, 2.05) is 88.4 Å². The van der Waals surface area contributed by atoms with Crippen molar-refractivity contribution in [2.24, 2.45) is 23.5 Å². The van der Waals surface area contributed by atoms with Crippen molar-refractivity contribution >= 4 is 99.1 Å². The van der Waals surface area contributed by atoms with Crippen molar-refractivity contribution < 1.29 is 90.1 Å². The number of ketones is 2. The van der Waals surface area contributed by atoms with Crippen LogP contribution in [0, 0.1) is 29.4 Å². The van der Waals surface area contributed by atoms with Gasteiger partial charge in [0.1, 0.15) is 34.0 Å². The van der Waals surface area contributed by atoms with Crippen LogP contribution in [0.1, 0.15) is 104 Å². The maximum Gasteiger partial charge on any atom is 0.323 e. The maximum atomic E-state index is 13.8. The monoisotopic (exact) mass is 1490 g/mol. The Morgan fingerprint density at radius 1 is 0.545 bits per heavy atom. The van der Waals surface area contributed by atoms with E-state index in [4.69, 9.17) is 33.6 Å². The molecule has 0 aromatic heterocycles. The van der Waals surface area contributed by atoms with Gasteiger partial charge in [-0.25, -0.2) is 29.8 Å². The van der Waals surface area contributed by atoms with Crippen molar-refractivity contribution in [2.45, 2.75) is 125 Å². The highest BCUT2D eigenvalue weighted by Crippen LogP contribution is 2.38. The fourth-order valence-corrected chi connectivity index (χ4v) is 16.6. The van der Waals surface area contributed by atoms with Gasteiger partial charge in [0.2, 0.25) is 20.0 Å². The first-order valence-electron chi connectivity index (χ1n) is 31.4. The van der Waals surface area contributed by atoms with Crippen LogP contribution in [0.15, 0.2) is 168 Å². The van der Waals surface area contributed by atoms with Crippen LogP contribution >= 0.6 is 23.5 Å². The second-order valence-electron chi connectivity index (χ2n) is 25.0. The largest absolute Gasteiger partial charge is 0.465 e. The highest BCUT2D eigenvalue weighted by Gasteiger charge is 2.42. The molecule has 2 unspecified atom stereocenters. The van der Waals surface area contributed by atoms with Gasteiger partial charge in [-0.1, -0.05) is 137 Å². The fourth-order valence-electron chi connectivity index (χ4n) is 10.2. The van der Waals surface area contributed by atoms with Gasteiger partial charge in [0.25, 0.3) is 10.1 Å². The summed E-state index contributed by atoms with van der Waals surface area (Å²) < 4.78 is 151. The Kier molecular flexibility index (Phi) is 31.7. The first-order valence-corrected chi connectivity index (χ1v) is 39.9. The molecule has 21 nitrogen and oxygen atoms in total. The molecule has 99 heavy (non-hydrogen) atoms. The molecule has 29 heteroatoms. The Labute approximate surface area is 588 Å². The van der Waals surface area contributed by atoms with Gasteiger partial charge in [-0.3, -0.25) is 37.6 Å². The minimum Gasteiger partial charge on any atom is -0.465 e. The topological polar surface area (TPSA) is 326 Å². The van der Waals surface area contributed by atoms with Crippen LogP contribution in [0.2, 0.25) is 0 Å². The SMILES string of the molecule is C=S(=O)(O)O.CC(C)[C@H](CC(=O)OC(C)(C)C)C(=O)OCCC(CC(=O)[C@@H]1SCCN1S(=O)(=O)c1ccc(-c2ccccc2)cc1)c1ccc(F)cc1.CC(C)[C@H](N)C(=O)OCCC(CC(=O)[C@@H]1SCCN1S(=O)(=O)c1ccc(-c2ccccc2)cc1)c1ccc(F)cc1.CS(=O)(=O)O. The zero-order valence-corrected chi connectivity index (χ0v) is 61.2. The summed E-state index contributed by atoms with van der Waals surface area (Å²) in [6.45, 7) is 13.0. The molecule has 5 N–H and O–H groups in total. The molecule has 2 fully saturated rings. The molecule has 0 radical (unpaired) electrons. The number of nitrogens with zero attached hydrogens (tertiary/aromatic N) is 2. The van der Waals surface area contributed by atoms with Crippen molar-refractivity contribution in [3.05, 3.63) is 180 Å². The number of carbonyl (C=O) groups excluding carboxylic acids is 5. The molecule has 8 rings (SSSR count). The average Bonchev–Trinajstić information content (AvgIpc) is 1.75. The number of rotatable bonds is 26. The molecule has 540 valence electrons. The Bertz CT molecular complexity index is 4050. The molecule has 0 amide bonds. The second-order valence-corrected chi connectivity index (χ2v) is 33.8. The predicted octanol–water partition coefficient (Wildman–Crippen LogP) is 11.6. The number of ether oxygens (including phenoxy) is 3. The van der Waals surface area contributed by atoms with Crippen molar-refractivity contribution in [1.82, 2.24) is 8.61 Å². The molecule has 2 heterocycles. The summed E-state index contributed by atoms with van der Waals surface area (Å²) in [6.07, 6.45) is 1.12. The lowest BCUT2D eigenvalue weighted by Crippen LogP contribution is -2.40. The number of sulfonamides is 2.